The van der Waals surface area contributed by atoms with Crippen molar-refractivity contribution in [2.75, 3.05) is 0 Å². The first kappa shape index (κ1) is 12.6. The maximum atomic E-state index is 13.2. The number of halogens is 1. The van der Waals surface area contributed by atoms with Gasteiger partial charge in [0.2, 0.25) is 0 Å². The molecule has 0 saturated carbocycles. The molecule has 0 aliphatic rings. The number of aliphatic carboxylic acids is 1. The summed E-state index contributed by atoms with van der Waals surface area (Å²) in [5.74, 6) is -1.87. The molecule has 0 heterocycles. The third kappa shape index (κ3) is 3.03. The van der Waals surface area contributed by atoms with Crippen LogP contribution in [-0.4, -0.2) is 34.3 Å². The molecule has 16 heavy (non-hydrogen) atoms. The Balaban J connectivity index is 2.94. The van der Waals surface area contributed by atoms with Gasteiger partial charge in [0.05, 0.1) is 0 Å². The van der Waals surface area contributed by atoms with E-state index in [1.807, 2.05) is 0 Å². The molecule has 0 bridgehead atoms. The molecular weight excluding hydrogens is 216 g/mol. The molecule has 0 amide bonds. The van der Waals surface area contributed by atoms with E-state index < -0.39 is 24.9 Å². The van der Waals surface area contributed by atoms with E-state index >= 15 is 0 Å². The van der Waals surface area contributed by atoms with Crippen LogP contribution in [0.15, 0.2) is 18.2 Å². The summed E-state index contributed by atoms with van der Waals surface area (Å²) < 4.78 is 13.2. The fourth-order valence-electron chi connectivity index (χ4n) is 1.24. The van der Waals surface area contributed by atoms with Gasteiger partial charge in [-0.05, 0) is 17.1 Å². The number of carboxylic acids is 1. The molecule has 0 spiro atoms. The SMILES string of the molecule is N[C@H](Cc1cc(B(O)O)ccc1F)C(=O)O. The molecule has 0 unspecified atom stereocenters. The minimum absolute atomic E-state index is 0.0421. The maximum absolute atomic E-state index is 13.2. The van der Waals surface area contributed by atoms with Crippen LogP contribution in [0, 0.1) is 5.82 Å². The second-order valence-electron chi connectivity index (χ2n) is 3.37. The van der Waals surface area contributed by atoms with E-state index in [0.29, 0.717) is 0 Å². The summed E-state index contributed by atoms with van der Waals surface area (Å²) in [5, 5.41) is 26.3. The lowest BCUT2D eigenvalue weighted by atomic mass is 9.79. The van der Waals surface area contributed by atoms with Gasteiger partial charge >= 0.3 is 13.1 Å². The lowest BCUT2D eigenvalue weighted by Gasteiger charge is -2.09. The fourth-order valence-corrected chi connectivity index (χ4v) is 1.24. The summed E-state index contributed by atoms with van der Waals surface area (Å²) in [6.07, 6.45) is -0.207. The van der Waals surface area contributed by atoms with E-state index in [1.54, 1.807) is 0 Å². The van der Waals surface area contributed by atoms with Crippen molar-refractivity contribution in [3.63, 3.8) is 0 Å². The molecule has 0 aliphatic heterocycles. The van der Waals surface area contributed by atoms with Crippen LogP contribution in [0.1, 0.15) is 5.56 Å². The van der Waals surface area contributed by atoms with Gasteiger partial charge in [-0.15, -0.1) is 0 Å². The average molecular weight is 227 g/mol. The van der Waals surface area contributed by atoms with Gasteiger partial charge < -0.3 is 20.9 Å². The normalized spacial score (nSPS) is 12.2. The molecule has 1 aromatic rings. The van der Waals surface area contributed by atoms with Gasteiger partial charge in [0, 0.05) is 6.42 Å². The Morgan fingerprint density at radius 2 is 2.12 bits per heavy atom. The molecular formula is C9H11BFNO4. The largest absolute Gasteiger partial charge is 0.488 e. The van der Waals surface area contributed by atoms with Crippen molar-refractivity contribution in [1.82, 2.24) is 0 Å². The monoisotopic (exact) mass is 227 g/mol. The van der Waals surface area contributed by atoms with Gasteiger partial charge in [0.15, 0.2) is 0 Å². The van der Waals surface area contributed by atoms with E-state index in [9.17, 15) is 9.18 Å². The van der Waals surface area contributed by atoms with Gasteiger partial charge in [-0.25, -0.2) is 4.39 Å². The molecule has 0 fully saturated rings. The third-order valence-corrected chi connectivity index (χ3v) is 2.12. The molecule has 0 saturated heterocycles. The van der Waals surface area contributed by atoms with Gasteiger partial charge in [0.1, 0.15) is 11.9 Å². The van der Waals surface area contributed by atoms with Crippen LogP contribution < -0.4 is 11.2 Å². The van der Waals surface area contributed by atoms with Crippen LogP contribution >= 0.6 is 0 Å². The lowest BCUT2D eigenvalue weighted by Crippen LogP contribution is -2.34. The van der Waals surface area contributed by atoms with Crippen LogP contribution in [0.4, 0.5) is 4.39 Å². The second-order valence-corrected chi connectivity index (χ2v) is 3.37. The second kappa shape index (κ2) is 5.06. The van der Waals surface area contributed by atoms with Crippen LogP contribution in [0.25, 0.3) is 0 Å². The zero-order valence-electron chi connectivity index (χ0n) is 8.30. The number of nitrogens with two attached hydrogens (primary N) is 1. The van der Waals surface area contributed by atoms with E-state index in [0.717, 1.165) is 6.07 Å². The van der Waals surface area contributed by atoms with Gasteiger partial charge in [0.25, 0.3) is 0 Å². The number of carbonyl (C=O) groups is 1. The predicted molar refractivity (Wildman–Crippen MR) is 55.5 cm³/mol. The highest BCUT2D eigenvalue weighted by Gasteiger charge is 2.18. The molecule has 0 aliphatic carbocycles. The lowest BCUT2D eigenvalue weighted by molar-refractivity contribution is -0.138. The zero-order chi connectivity index (χ0) is 12.3. The molecule has 7 heteroatoms. The van der Waals surface area contributed by atoms with E-state index in [4.69, 9.17) is 20.9 Å². The van der Waals surface area contributed by atoms with Crippen molar-refractivity contribution >= 4 is 18.6 Å². The van der Waals surface area contributed by atoms with Crippen molar-refractivity contribution < 1.29 is 24.3 Å². The molecule has 0 radical (unpaired) electrons. The van der Waals surface area contributed by atoms with Crippen LogP contribution in [0.5, 0.6) is 0 Å². The van der Waals surface area contributed by atoms with E-state index in [2.05, 4.69) is 0 Å². The number of carboxylic acid groups (broad SMARTS) is 1. The summed E-state index contributed by atoms with van der Waals surface area (Å²) in [5.41, 5.74) is 5.39. The molecule has 0 aromatic heterocycles. The van der Waals surface area contributed by atoms with Crippen molar-refractivity contribution in [2.24, 2.45) is 5.73 Å². The highest BCUT2D eigenvalue weighted by atomic mass is 19.1. The maximum Gasteiger partial charge on any atom is 0.488 e. The van der Waals surface area contributed by atoms with E-state index in [1.165, 1.54) is 12.1 Å². The first-order chi connectivity index (χ1) is 7.41. The highest BCUT2D eigenvalue weighted by Crippen LogP contribution is 2.07. The number of benzene rings is 1. The Morgan fingerprint density at radius 3 is 2.62 bits per heavy atom. The van der Waals surface area contributed by atoms with E-state index in [-0.39, 0.29) is 17.4 Å². The quantitative estimate of drug-likeness (QED) is 0.466. The standard InChI is InChI=1S/C9H11BFNO4/c11-7-2-1-6(10(15)16)3-5(7)4-8(12)9(13)14/h1-3,8,15-16H,4,12H2,(H,13,14)/t8-/m1/s1. The molecule has 1 atom stereocenters. The van der Waals surface area contributed by atoms with Crippen LogP contribution in [-0.2, 0) is 11.2 Å². The van der Waals surface area contributed by atoms with Crippen molar-refractivity contribution in [2.45, 2.75) is 12.5 Å². The molecule has 1 rings (SSSR count). The minimum Gasteiger partial charge on any atom is -0.480 e. The molecule has 5 N–H and O–H groups in total. The Labute approximate surface area is 91.5 Å². The van der Waals surface area contributed by atoms with Crippen LogP contribution in [0.3, 0.4) is 0 Å². The van der Waals surface area contributed by atoms with Crippen molar-refractivity contribution in [1.29, 1.82) is 0 Å². The number of hydrogen-bond donors (Lipinski definition) is 4. The topological polar surface area (TPSA) is 104 Å². The Morgan fingerprint density at radius 1 is 1.50 bits per heavy atom. The Hall–Kier alpha value is -1.44. The average Bonchev–Trinajstić information content (AvgIpc) is 2.20. The highest BCUT2D eigenvalue weighted by molar-refractivity contribution is 6.58. The predicted octanol–water partition coefficient (Wildman–Crippen LogP) is -1.54. The summed E-state index contributed by atoms with van der Waals surface area (Å²) >= 11 is 0. The van der Waals surface area contributed by atoms with Gasteiger partial charge in [-0.2, -0.15) is 0 Å². The zero-order valence-corrected chi connectivity index (χ0v) is 8.30. The Bertz CT molecular complexity index is 399. The van der Waals surface area contributed by atoms with Crippen molar-refractivity contribution in [3.8, 4) is 0 Å². The Kier molecular flexibility index (Phi) is 4.00. The molecule has 5 nitrogen and oxygen atoms in total. The van der Waals surface area contributed by atoms with Gasteiger partial charge in [-0.3, -0.25) is 4.79 Å². The smallest absolute Gasteiger partial charge is 0.480 e. The van der Waals surface area contributed by atoms with Crippen LogP contribution in [0.2, 0.25) is 0 Å². The summed E-state index contributed by atoms with van der Waals surface area (Å²) in [6, 6.07) is 2.21. The minimum atomic E-state index is -1.72. The number of rotatable bonds is 4. The molecule has 86 valence electrons. The van der Waals surface area contributed by atoms with Crippen molar-refractivity contribution in [3.05, 3.63) is 29.6 Å². The summed E-state index contributed by atoms with van der Waals surface area (Å²) in [7, 11) is -1.72. The van der Waals surface area contributed by atoms with Gasteiger partial charge in [-0.1, -0.05) is 12.1 Å². The summed E-state index contributed by atoms with van der Waals surface area (Å²) in [6.45, 7) is 0. The first-order valence-electron chi connectivity index (χ1n) is 4.54. The fraction of sp³-hybridized carbons (Fsp3) is 0.222. The first-order valence-corrected chi connectivity index (χ1v) is 4.54. The number of hydrogen-bond acceptors (Lipinski definition) is 4. The molecule has 1 aromatic carbocycles. The summed E-state index contributed by atoms with van der Waals surface area (Å²) in [4.78, 5) is 10.5. The third-order valence-electron chi connectivity index (χ3n) is 2.12.